The van der Waals surface area contributed by atoms with Crippen LogP contribution in [0.15, 0.2) is 72.8 Å². The van der Waals surface area contributed by atoms with Crippen molar-refractivity contribution in [1.29, 1.82) is 0 Å². The van der Waals surface area contributed by atoms with Crippen LogP contribution in [0.4, 0.5) is 0 Å². The van der Waals surface area contributed by atoms with Crippen LogP contribution in [0.2, 0.25) is 0 Å². The predicted molar refractivity (Wildman–Crippen MR) is 145 cm³/mol. The Morgan fingerprint density at radius 3 is 2.45 bits per heavy atom. The summed E-state index contributed by atoms with van der Waals surface area (Å²) in [7, 11) is 3.18. The van der Waals surface area contributed by atoms with Gasteiger partial charge in [0.1, 0.15) is 12.6 Å². The van der Waals surface area contributed by atoms with E-state index >= 15 is 0 Å². The maximum absolute atomic E-state index is 13.9. The number of nitrogens with one attached hydrogen (secondary N) is 1. The molecule has 6 rings (SSSR count). The first-order valence-electron chi connectivity index (χ1n) is 13.0. The Morgan fingerprint density at radius 2 is 1.66 bits per heavy atom. The molecule has 2 aliphatic rings. The Morgan fingerprint density at radius 1 is 0.895 bits per heavy atom. The van der Waals surface area contributed by atoms with E-state index in [9.17, 15) is 9.59 Å². The summed E-state index contributed by atoms with van der Waals surface area (Å²) in [4.78, 5) is 34.8. The quantitative estimate of drug-likeness (QED) is 0.393. The molecule has 0 saturated carbocycles. The lowest BCUT2D eigenvalue weighted by Gasteiger charge is -2.47. The molecule has 0 spiro atoms. The van der Waals surface area contributed by atoms with Gasteiger partial charge < -0.3 is 24.3 Å². The fourth-order valence-corrected chi connectivity index (χ4v) is 6.03. The molecule has 2 aliphatic heterocycles. The topological polar surface area (TPSA) is 74.9 Å². The van der Waals surface area contributed by atoms with E-state index in [-0.39, 0.29) is 24.4 Å². The number of ether oxygens (including phenoxy) is 2. The van der Waals surface area contributed by atoms with Crippen molar-refractivity contribution in [3.8, 4) is 11.5 Å². The first-order valence-corrected chi connectivity index (χ1v) is 13.0. The number of hydrogen-bond acceptors (Lipinski definition) is 4. The summed E-state index contributed by atoms with van der Waals surface area (Å²) in [6.45, 7) is 0.395. The second kappa shape index (κ2) is 9.89. The van der Waals surface area contributed by atoms with Gasteiger partial charge in [-0.2, -0.15) is 0 Å². The minimum atomic E-state index is -0.524. The van der Waals surface area contributed by atoms with Gasteiger partial charge in [0.05, 0.1) is 20.3 Å². The number of nitrogens with zero attached hydrogens (tertiary/aromatic N) is 2. The molecule has 3 aromatic carbocycles. The largest absolute Gasteiger partial charge is 0.493 e. The molecule has 7 nitrogen and oxygen atoms in total. The van der Waals surface area contributed by atoms with Crippen molar-refractivity contribution in [1.82, 2.24) is 14.8 Å². The number of para-hydroxylation sites is 1. The van der Waals surface area contributed by atoms with Crippen LogP contribution in [0.1, 0.15) is 34.8 Å². The van der Waals surface area contributed by atoms with Crippen molar-refractivity contribution < 1.29 is 19.1 Å². The van der Waals surface area contributed by atoms with Crippen molar-refractivity contribution in [2.75, 3.05) is 20.8 Å². The molecule has 1 aromatic heterocycles. The number of benzene rings is 3. The molecular weight excluding hydrogens is 478 g/mol. The molecule has 3 heterocycles. The average molecular weight is 510 g/mol. The SMILES string of the molecule is COc1ccc(CN2CC(=O)N3[C@H](CCc4ccccc4)c4[nH]c5ccccc5c4C[C@H]3C2=O)cc1OC. The number of carbonyl (C=O) groups excluding carboxylic acids is 2. The predicted octanol–water partition coefficient (Wildman–Crippen LogP) is 4.65. The molecule has 0 radical (unpaired) electrons. The second-order valence-corrected chi connectivity index (χ2v) is 10.0. The molecule has 38 heavy (non-hydrogen) atoms. The van der Waals surface area contributed by atoms with Crippen molar-refractivity contribution in [2.24, 2.45) is 0 Å². The van der Waals surface area contributed by atoms with E-state index in [4.69, 9.17) is 9.47 Å². The van der Waals surface area contributed by atoms with Gasteiger partial charge in [-0.05, 0) is 47.7 Å². The van der Waals surface area contributed by atoms with Crippen molar-refractivity contribution in [2.45, 2.75) is 37.9 Å². The summed E-state index contributed by atoms with van der Waals surface area (Å²) in [6, 6.07) is 23.4. The molecule has 2 amide bonds. The minimum absolute atomic E-state index is 0.0139. The van der Waals surface area contributed by atoms with Gasteiger partial charge in [-0.25, -0.2) is 0 Å². The number of H-pyrrole nitrogens is 1. The Bertz CT molecular complexity index is 1500. The van der Waals surface area contributed by atoms with Gasteiger partial charge in [0, 0.05) is 29.6 Å². The zero-order chi connectivity index (χ0) is 26.2. The smallest absolute Gasteiger partial charge is 0.246 e. The van der Waals surface area contributed by atoms with Crippen LogP contribution in [-0.2, 0) is 29.0 Å². The van der Waals surface area contributed by atoms with Gasteiger partial charge in [0.2, 0.25) is 11.8 Å². The van der Waals surface area contributed by atoms with E-state index < -0.39 is 6.04 Å². The lowest BCUT2D eigenvalue weighted by molar-refractivity contribution is -0.160. The van der Waals surface area contributed by atoms with Gasteiger partial charge >= 0.3 is 0 Å². The van der Waals surface area contributed by atoms with Crippen LogP contribution < -0.4 is 9.47 Å². The summed E-state index contributed by atoms with van der Waals surface area (Å²) in [6.07, 6.45) is 2.07. The first-order chi connectivity index (χ1) is 18.6. The molecule has 0 bridgehead atoms. The number of aromatic amines is 1. The highest BCUT2D eigenvalue weighted by Crippen LogP contribution is 2.41. The molecule has 7 heteroatoms. The molecular formula is C31H31N3O4. The van der Waals surface area contributed by atoms with Gasteiger partial charge in [-0.1, -0.05) is 54.6 Å². The summed E-state index contributed by atoms with van der Waals surface area (Å²) >= 11 is 0. The molecule has 1 fully saturated rings. The molecule has 1 N–H and O–H groups in total. The third-order valence-corrected chi connectivity index (χ3v) is 7.83. The summed E-state index contributed by atoms with van der Waals surface area (Å²) < 4.78 is 10.8. The van der Waals surface area contributed by atoms with Crippen molar-refractivity contribution >= 4 is 22.7 Å². The zero-order valence-electron chi connectivity index (χ0n) is 21.6. The maximum atomic E-state index is 13.9. The van der Waals surface area contributed by atoms with Gasteiger partial charge in [-0.3, -0.25) is 9.59 Å². The van der Waals surface area contributed by atoms with E-state index in [2.05, 4.69) is 29.2 Å². The minimum Gasteiger partial charge on any atom is -0.493 e. The molecule has 0 unspecified atom stereocenters. The summed E-state index contributed by atoms with van der Waals surface area (Å²) in [5.74, 6) is 1.20. The van der Waals surface area contributed by atoms with Gasteiger partial charge in [0.15, 0.2) is 11.5 Å². The first kappa shape index (κ1) is 24.1. The number of aromatic nitrogens is 1. The Balaban J connectivity index is 1.33. The molecule has 4 aromatic rings. The van der Waals surface area contributed by atoms with E-state index in [0.29, 0.717) is 24.5 Å². The fraction of sp³-hybridized carbons (Fsp3) is 0.290. The molecule has 1 saturated heterocycles. The van der Waals surface area contributed by atoms with Crippen LogP contribution in [0.5, 0.6) is 11.5 Å². The number of aryl methyl sites for hydroxylation is 1. The Kier molecular flexibility index (Phi) is 6.27. The van der Waals surface area contributed by atoms with E-state index in [1.54, 1.807) is 19.1 Å². The monoisotopic (exact) mass is 509 g/mol. The number of piperazine rings is 1. The highest BCUT2D eigenvalue weighted by atomic mass is 16.5. The van der Waals surface area contributed by atoms with Gasteiger partial charge in [0.25, 0.3) is 0 Å². The maximum Gasteiger partial charge on any atom is 0.246 e. The second-order valence-electron chi connectivity index (χ2n) is 10.0. The molecule has 0 aliphatic carbocycles. The number of rotatable bonds is 7. The van der Waals surface area contributed by atoms with Crippen LogP contribution in [0.25, 0.3) is 10.9 Å². The van der Waals surface area contributed by atoms with Crippen molar-refractivity contribution in [3.63, 3.8) is 0 Å². The van der Waals surface area contributed by atoms with Crippen LogP contribution >= 0.6 is 0 Å². The van der Waals surface area contributed by atoms with Crippen LogP contribution in [-0.4, -0.2) is 53.4 Å². The van der Waals surface area contributed by atoms with E-state index in [1.807, 2.05) is 53.4 Å². The summed E-state index contributed by atoms with van der Waals surface area (Å²) in [5, 5.41) is 1.13. The third kappa shape index (κ3) is 4.18. The molecule has 194 valence electrons. The average Bonchev–Trinajstić information content (AvgIpc) is 3.33. The number of methoxy groups -OCH3 is 2. The standard InChI is InChI=1S/C31H31N3O4/c1-37-27-15-13-21(16-28(27)38-2)18-33-19-29(35)34-25(14-12-20-8-4-3-5-9-20)30-23(17-26(34)31(33)36)22-10-6-7-11-24(22)32-30/h3-11,13,15-16,25-26,32H,12,14,17-19H2,1-2H3/t25-,26+/m1/s1. The summed E-state index contributed by atoms with van der Waals surface area (Å²) in [5.41, 5.74) is 5.37. The van der Waals surface area contributed by atoms with Crippen molar-refractivity contribution in [3.05, 3.63) is 95.2 Å². The fourth-order valence-electron chi connectivity index (χ4n) is 6.03. The normalized spacial score (nSPS) is 18.9. The Labute approximate surface area is 222 Å². The molecule has 2 atom stereocenters. The lowest BCUT2D eigenvalue weighted by Crippen LogP contribution is -2.62. The number of fused-ring (bicyclic) bond motifs is 4. The number of amides is 2. The zero-order valence-corrected chi connectivity index (χ0v) is 21.6. The van der Waals surface area contributed by atoms with E-state index in [0.717, 1.165) is 40.6 Å². The highest BCUT2D eigenvalue weighted by molar-refractivity contribution is 5.97. The third-order valence-electron chi connectivity index (χ3n) is 7.83. The van der Waals surface area contributed by atoms with Crippen LogP contribution in [0, 0.1) is 0 Å². The lowest BCUT2D eigenvalue weighted by atomic mass is 9.86. The Hall–Kier alpha value is -4.26. The number of hydrogen-bond donors (Lipinski definition) is 1. The van der Waals surface area contributed by atoms with E-state index in [1.165, 1.54) is 5.56 Å². The number of carbonyl (C=O) groups is 2. The van der Waals surface area contributed by atoms with Gasteiger partial charge in [-0.15, -0.1) is 0 Å². The van der Waals surface area contributed by atoms with Crippen LogP contribution in [0.3, 0.4) is 0 Å². The highest BCUT2D eigenvalue weighted by Gasteiger charge is 2.47.